The summed E-state index contributed by atoms with van der Waals surface area (Å²) in [6, 6.07) is 2.28. The highest BCUT2D eigenvalue weighted by Crippen LogP contribution is 2.24. The van der Waals surface area contributed by atoms with Crippen molar-refractivity contribution in [1.29, 1.82) is 0 Å². The molecule has 1 aromatic heterocycles. The number of aromatic nitrogens is 2. The first-order chi connectivity index (χ1) is 7.74. The van der Waals surface area contributed by atoms with E-state index in [1.807, 2.05) is 13.1 Å². The smallest absolute Gasteiger partial charge is 0.155 e. The summed E-state index contributed by atoms with van der Waals surface area (Å²) in [5, 5.41) is 8.09. The van der Waals surface area contributed by atoms with E-state index in [1.165, 1.54) is 0 Å². The lowest BCUT2D eigenvalue weighted by Crippen LogP contribution is -2.38. The molecular weight excluding hydrogens is 204 g/mol. The molecule has 0 bridgehead atoms. The number of likely N-dealkylation sites (N-methyl/N-ethyl adjacent to an activating group) is 1. The van der Waals surface area contributed by atoms with E-state index in [9.17, 15) is 0 Å². The highest BCUT2D eigenvalue weighted by atomic mass is 16.5. The Morgan fingerprint density at radius 2 is 2.44 bits per heavy atom. The molecule has 1 fully saturated rings. The van der Waals surface area contributed by atoms with Crippen LogP contribution in [0.2, 0.25) is 0 Å². The zero-order valence-electron chi connectivity index (χ0n) is 9.76. The molecule has 88 valence electrons. The van der Waals surface area contributed by atoms with E-state index in [0.717, 1.165) is 24.4 Å². The predicted molar refractivity (Wildman–Crippen MR) is 62.1 cm³/mol. The Labute approximate surface area is 95.6 Å². The number of hydrogen-bond donors (Lipinski definition) is 1. The average molecular weight is 222 g/mol. The Balaban J connectivity index is 2.22. The molecule has 0 aliphatic carbocycles. The van der Waals surface area contributed by atoms with Gasteiger partial charge in [-0.1, -0.05) is 0 Å². The Morgan fingerprint density at radius 3 is 3.06 bits per heavy atom. The molecule has 0 radical (unpaired) electrons. The molecule has 0 amide bonds. The molecule has 1 aliphatic rings. The molecule has 5 heteroatoms. The van der Waals surface area contributed by atoms with Crippen LogP contribution >= 0.6 is 0 Å². The molecule has 0 saturated carbocycles. The van der Waals surface area contributed by atoms with Gasteiger partial charge < -0.3 is 15.4 Å². The molecule has 1 aliphatic heterocycles. The minimum absolute atomic E-state index is 0.234. The lowest BCUT2D eigenvalue weighted by Gasteiger charge is -2.28. The second-order valence-corrected chi connectivity index (χ2v) is 4.13. The molecule has 2 unspecified atom stereocenters. The molecule has 2 N–H and O–H groups in total. The summed E-state index contributed by atoms with van der Waals surface area (Å²) in [5.41, 5.74) is 6.72. The van der Waals surface area contributed by atoms with Gasteiger partial charge in [-0.05, 0) is 19.4 Å². The van der Waals surface area contributed by atoms with Crippen molar-refractivity contribution in [3.8, 4) is 0 Å². The van der Waals surface area contributed by atoms with E-state index in [-0.39, 0.29) is 6.10 Å². The van der Waals surface area contributed by atoms with Gasteiger partial charge in [0.05, 0.1) is 18.3 Å². The SMILES string of the molecule is CC1OCCC1N(C)c1nnccc1CN. The van der Waals surface area contributed by atoms with Crippen LogP contribution in [0.1, 0.15) is 18.9 Å². The number of nitrogens with zero attached hydrogens (tertiary/aromatic N) is 3. The van der Waals surface area contributed by atoms with Crippen LogP contribution in [0.15, 0.2) is 12.3 Å². The van der Waals surface area contributed by atoms with Gasteiger partial charge in [0.2, 0.25) is 0 Å². The second kappa shape index (κ2) is 4.76. The molecule has 0 spiro atoms. The van der Waals surface area contributed by atoms with Gasteiger partial charge in [0, 0.05) is 25.8 Å². The number of hydrogen-bond acceptors (Lipinski definition) is 5. The summed E-state index contributed by atoms with van der Waals surface area (Å²) in [6.07, 6.45) is 2.93. The fourth-order valence-electron chi connectivity index (χ4n) is 2.19. The van der Waals surface area contributed by atoms with E-state index >= 15 is 0 Å². The Kier molecular flexibility index (Phi) is 3.36. The molecule has 2 heterocycles. The van der Waals surface area contributed by atoms with Crippen LogP contribution in [0.4, 0.5) is 5.82 Å². The second-order valence-electron chi connectivity index (χ2n) is 4.13. The van der Waals surface area contributed by atoms with Crippen molar-refractivity contribution in [2.24, 2.45) is 5.73 Å². The normalized spacial score (nSPS) is 24.7. The van der Waals surface area contributed by atoms with E-state index in [1.54, 1.807) is 6.20 Å². The van der Waals surface area contributed by atoms with Crippen LogP contribution in [0.25, 0.3) is 0 Å². The van der Waals surface area contributed by atoms with Crippen LogP contribution in [-0.2, 0) is 11.3 Å². The summed E-state index contributed by atoms with van der Waals surface area (Å²) in [4.78, 5) is 2.13. The number of ether oxygens (including phenoxy) is 1. The maximum absolute atomic E-state index is 5.70. The van der Waals surface area contributed by atoms with Crippen molar-refractivity contribution >= 4 is 5.82 Å². The molecule has 5 nitrogen and oxygen atoms in total. The predicted octanol–water partition coefficient (Wildman–Crippen LogP) is 0.549. The molecule has 1 saturated heterocycles. The van der Waals surface area contributed by atoms with Crippen molar-refractivity contribution in [2.75, 3.05) is 18.6 Å². The fraction of sp³-hybridized carbons (Fsp3) is 0.636. The molecule has 2 atom stereocenters. The molecular formula is C11H18N4O. The highest BCUT2D eigenvalue weighted by Gasteiger charge is 2.29. The minimum atomic E-state index is 0.234. The van der Waals surface area contributed by atoms with Crippen molar-refractivity contribution in [3.05, 3.63) is 17.8 Å². The molecule has 1 aromatic rings. The summed E-state index contributed by atoms with van der Waals surface area (Å²) in [5.74, 6) is 0.868. The third-order valence-corrected chi connectivity index (χ3v) is 3.17. The molecule has 2 rings (SSSR count). The summed E-state index contributed by atoms with van der Waals surface area (Å²) >= 11 is 0. The van der Waals surface area contributed by atoms with E-state index in [2.05, 4.69) is 22.0 Å². The highest BCUT2D eigenvalue weighted by molar-refractivity contribution is 5.46. The zero-order valence-corrected chi connectivity index (χ0v) is 9.76. The Hall–Kier alpha value is -1.20. The van der Waals surface area contributed by atoms with E-state index in [0.29, 0.717) is 12.6 Å². The maximum Gasteiger partial charge on any atom is 0.155 e. The monoisotopic (exact) mass is 222 g/mol. The van der Waals surface area contributed by atoms with Gasteiger partial charge in [0.15, 0.2) is 5.82 Å². The maximum atomic E-state index is 5.70. The third kappa shape index (κ3) is 2.01. The first-order valence-electron chi connectivity index (χ1n) is 5.59. The van der Waals surface area contributed by atoms with Gasteiger partial charge >= 0.3 is 0 Å². The van der Waals surface area contributed by atoms with Crippen molar-refractivity contribution < 1.29 is 4.74 Å². The zero-order chi connectivity index (χ0) is 11.5. The van der Waals surface area contributed by atoms with Gasteiger partial charge in [-0.25, -0.2) is 0 Å². The van der Waals surface area contributed by atoms with Crippen LogP contribution in [0.5, 0.6) is 0 Å². The van der Waals surface area contributed by atoms with Crippen LogP contribution in [-0.4, -0.2) is 36.0 Å². The molecule has 16 heavy (non-hydrogen) atoms. The van der Waals surface area contributed by atoms with Gasteiger partial charge in [-0.3, -0.25) is 0 Å². The molecule has 0 aromatic carbocycles. The third-order valence-electron chi connectivity index (χ3n) is 3.17. The number of anilines is 1. The largest absolute Gasteiger partial charge is 0.376 e. The first kappa shape index (κ1) is 11.3. The van der Waals surface area contributed by atoms with Crippen molar-refractivity contribution in [3.63, 3.8) is 0 Å². The number of nitrogens with two attached hydrogens (primary N) is 1. The van der Waals surface area contributed by atoms with Crippen LogP contribution in [0, 0.1) is 0 Å². The van der Waals surface area contributed by atoms with E-state index in [4.69, 9.17) is 10.5 Å². The van der Waals surface area contributed by atoms with Crippen molar-refractivity contribution in [2.45, 2.75) is 32.0 Å². The summed E-state index contributed by atoms with van der Waals surface area (Å²) < 4.78 is 5.56. The van der Waals surface area contributed by atoms with Gasteiger partial charge in [-0.2, -0.15) is 5.10 Å². The Morgan fingerprint density at radius 1 is 1.62 bits per heavy atom. The fourth-order valence-corrected chi connectivity index (χ4v) is 2.19. The summed E-state index contributed by atoms with van der Waals surface area (Å²) in [7, 11) is 2.03. The topological polar surface area (TPSA) is 64.3 Å². The van der Waals surface area contributed by atoms with Crippen LogP contribution in [0.3, 0.4) is 0 Å². The first-order valence-corrected chi connectivity index (χ1v) is 5.59. The lowest BCUT2D eigenvalue weighted by atomic mass is 10.1. The van der Waals surface area contributed by atoms with Crippen molar-refractivity contribution in [1.82, 2.24) is 10.2 Å². The standard InChI is InChI=1S/C11H18N4O/c1-8-10(4-6-16-8)15(2)11-9(7-12)3-5-13-14-11/h3,5,8,10H,4,6-7,12H2,1-2H3. The quantitative estimate of drug-likeness (QED) is 0.809. The van der Waals surface area contributed by atoms with Gasteiger partial charge in [0.25, 0.3) is 0 Å². The van der Waals surface area contributed by atoms with Gasteiger partial charge in [0.1, 0.15) is 0 Å². The summed E-state index contributed by atoms with van der Waals surface area (Å²) in [6.45, 7) is 3.39. The van der Waals surface area contributed by atoms with E-state index < -0.39 is 0 Å². The number of rotatable bonds is 3. The van der Waals surface area contributed by atoms with Gasteiger partial charge in [-0.15, -0.1) is 5.10 Å². The Bertz CT molecular complexity index is 358. The minimum Gasteiger partial charge on any atom is -0.376 e. The van der Waals surface area contributed by atoms with Crippen LogP contribution < -0.4 is 10.6 Å². The lowest BCUT2D eigenvalue weighted by molar-refractivity contribution is 0.118. The average Bonchev–Trinajstić information content (AvgIpc) is 2.74.